The molecule has 9 nitrogen and oxygen atoms in total. The highest BCUT2D eigenvalue weighted by molar-refractivity contribution is 7.92. The highest BCUT2D eigenvalue weighted by Crippen LogP contribution is 2.36. The molecular formula is C24H30N2O7S. The fourth-order valence-electron chi connectivity index (χ4n) is 3.88. The lowest BCUT2D eigenvalue weighted by molar-refractivity contribution is -0.148. The Balaban J connectivity index is 1.96. The number of aryl methyl sites for hydroxylation is 1. The quantitative estimate of drug-likeness (QED) is 0.524. The van der Waals surface area contributed by atoms with E-state index in [0.717, 1.165) is 9.87 Å². The molecule has 0 saturated carbocycles. The van der Waals surface area contributed by atoms with Gasteiger partial charge in [-0.1, -0.05) is 17.7 Å². The Morgan fingerprint density at radius 1 is 1.00 bits per heavy atom. The molecule has 2 aromatic rings. The van der Waals surface area contributed by atoms with Crippen molar-refractivity contribution in [3.05, 3.63) is 48.0 Å². The number of nitrogens with zero attached hydrogens (tertiary/aromatic N) is 2. The molecule has 0 N–H and O–H groups in total. The monoisotopic (exact) mass is 490 g/mol. The first-order valence-corrected chi connectivity index (χ1v) is 12.3. The van der Waals surface area contributed by atoms with Crippen molar-refractivity contribution < 1.29 is 32.2 Å². The predicted molar refractivity (Wildman–Crippen MR) is 127 cm³/mol. The maximum Gasteiger partial charge on any atom is 0.308 e. The van der Waals surface area contributed by atoms with Gasteiger partial charge in [-0.15, -0.1) is 0 Å². The van der Waals surface area contributed by atoms with E-state index in [-0.39, 0.29) is 34.1 Å². The summed E-state index contributed by atoms with van der Waals surface area (Å²) in [6.45, 7) is 2.11. The number of carbonyl (C=O) groups is 2. The second-order valence-electron chi connectivity index (χ2n) is 8.04. The summed E-state index contributed by atoms with van der Waals surface area (Å²) in [5.41, 5.74) is 1.11. The number of carbonyl (C=O) groups excluding carboxylic acids is 2. The van der Waals surface area contributed by atoms with Gasteiger partial charge in [-0.3, -0.25) is 13.9 Å². The number of methoxy groups -OCH3 is 3. The van der Waals surface area contributed by atoms with E-state index in [4.69, 9.17) is 14.2 Å². The van der Waals surface area contributed by atoms with Gasteiger partial charge in [0, 0.05) is 19.2 Å². The molecule has 0 unspecified atom stereocenters. The summed E-state index contributed by atoms with van der Waals surface area (Å²) in [6.07, 6.45) is 0.928. The first-order valence-electron chi connectivity index (χ1n) is 10.9. The highest BCUT2D eigenvalue weighted by Gasteiger charge is 2.33. The van der Waals surface area contributed by atoms with E-state index in [1.165, 1.54) is 39.5 Å². The van der Waals surface area contributed by atoms with Gasteiger partial charge in [0.1, 0.15) is 18.0 Å². The summed E-state index contributed by atoms with van der Waals surface area (Å²) in [7, 11) is 0.133. The van der Waals surface area contributed by atoms with Crippen LogP contribution >= 0.6 is 0 Å². The second kappa shape index (κ2) is 10.8. The Labute approximate surface area is 200 Å². The van der Waals surface area contributed by atoms with Crippen LogP contribution in [0.4, 0.5) is 5.69 Å². The maximum atomic E-state index is 13.7. The summed E-state index contributed by atoms with van der Waals surface area (Å²) in [5.74, 6) is -0.222. The molecule has 3 rings (SSSR count). The molecule has 1 amide bonds. The van der Waals surface area contributed by atoms with Crippen LogP contribution in [-0.4, -0.2) is 66.2 Å². The summed E-state index contributed by atoms with van der Waals surface area (Å²) in [6, 6.07) is 11.2. The van der Waals surface area contributed by atoms with Crippen LogP contribution in [0.15, 0.2) is 47.4 Å². The molecule has 34 heavy (non-hydrogen) atoms. The first-order chi connectivity index (χ1) is 16.2. The Morgan fingerprint density at radius 2 is 1.65 bits per heavy atom. The third-order valence-electron chi connectivity index (χ3n) is 5.92. The third-order valence-corrected chi connectivity index (χ3v) is 7.70. The van der Waals surface area contributed by atoms with Crippen molar-refractivity contribution in [3.63, 3.8) is 0 Å². The molecular weight excluding hydrogens is 460 g/mol. The minimum atomic E-state index is -4.11. The van der Waals surface area contributed by atoms with Crippen LogP contribution in [0.1, 0.15) is 18.4 Å². The number of anilines is 1. The number of sulfonamides is 1. The summed E-state index contributed by atoms with van der Waals surface area (Å²) >= 11 is 0. The molecule has 1 heterocycles. The highest BCUT2D eigenvalue weighted by atomic mass is 32.2. The molecule has 0 atom stereocenters. The van der Waals surface area contributed by atoms with Crippen LogP contribution in [0, 0.1) is 12.8 Å². The SMILES string of the molecule is COC(=O)C1CCN(C(=O)CN(c2cc(OC)ccc2OC)S(=O)(=O)c2ccc(C)cc2)CC1. The zero-order chi connectivity index (χ0) is 24.9. The van der Waals surface area contributed by atoms with E-state index >= 15 is 0 Å². The van der Waals surface area contributed by atoms with E-state index in [0.29, 0.717) is 31.7 Å². The van der Waals surface area contributed by atoms with Crippen LogP contribution in [0.3, 0.4) is 0 Å². The molecule has 10 heteroatoms. The molecule has 1 aliphatic heterocycles. The molecule has 0 radical (unpaired) electrons. The van der Waals surface area contributed by atoms with E-state index in [2.05, 4.69) is 0 Å². The molecule has 1 fully saturated rings. The topological polar surface area (TPSA) is 102 Å². The van der Waals surface area contributed by atoms with Gasteiger partial charge in [-0.25, -0.2) is 8.42 Å². The second-order valence-corrected chi connectivity index (χ2v) is 9.90. The van der Waals surface area contributed by atoms with Gasteiger partial charge in [-0.2, -0.15) is 0 Å². The van der Waals surface area contributed by atoms with E-state index in [1.54, 1.807) is 29.2 Å². The molecule has 0 aromatic heterocycles. The average molecular weight is 491 g/mol. The molecule has 1 aliphatic rings. The van der Waals surface area contributed by atoms with Gasteiger partial charge >= 0.3 is 5.97 Å². The van der Waals surface area contributed by atoms with Crippen LogP contribution < -0.4 is 13.8 Å². The molecule has 0 aliphatic carbocycles. The minimum Gasteiger partial charge on any atom is -0.497 e. The average Bonchev–Trinajstić information content (AvgIpc) is 2.86. The number of hydrogen-bond donors (Lipinski definition) is 0. The number of amides is 1. The van der Waals surface area contributed by atoms with E-state index < -0.39 is 16.6 Å². The Bertz CT molecular complexity index is 1120. The number of esters is 1. The van der Waals surface area contributed by atoms with Gasteiger partial charge < -0.3 is 19.1 Å². The molecule has 2 aromatic carbocycles. The van der Waals surface area contributed by atoms with Crippen molar-refractivity contribution in [1.29, 1.82) is 0 Å². The summed E-state index contributed by atoms with van der Waals surface area (Å²) in [4.78, 5) is 26.7. The third kappa shape index (κ3) is 5.44. The number of benzene rings is 2. The molecule has 1 saturated heterocycles. The smallest absolute Gasteiger partial charge is 0.308 e. The minimum absolute atomic E-state index is 0.0557. The molecule has 184 valence electrons. The van der Waals surface area contributed by atoms with Crippen LogP contribution in [0.2, 0.25) is 0 Å². The van der Waals surface area contributed by atoms with Crippen molar-refractivity contribution in [2.24, 2.45) is 5.92 Å². The van der Waals surface area contributed by atoms with E-state index in [1.807, 2.05) is 6.92 Å². The van der Waals surface area contributed by atoms with Crippen LogP contribution in [0.25, 0.3) is 0 Å². The standard InChI is InChI=1S/C24H30N2O7S/c1-17-5-8-20(9-6-17)34(29,30)26(21-15-19(31-2)7-10-22(21)32-3)16-23(27)25-13-11-18(12-14-25)24(28)33-4/h5-10,15,18H,11-14,16H2,1-4H3. The lowest BCUT2D eigenvalue weighted by atomic mass is 9.97. The van der Waals surface area contributed by atoms with Crippen LogP contribution in [-0.2, 0) is 24.3 Å². The van der Waals surface area contributed by atoms with E-state index in [9.17, 15) is 18.0 Å². The van der Waals surface area contributed by atoms with Crippen molar-refractivity contribution in [2.75, 3.05) is 45.3 Å². The normalized spacial score (nSPS) is 14.4. The number of likely N-dealkylation sites (tertiary alicyclic amines) is 1. The van der Waals surface area contributed by atoms with Gasteiger partial charge in [-0.05, 0) is 44.0 Å². The number of piperidine rings is 1. The molecule has 0 spiro atoms. The van der Waals surface area contributed by atoms with Crippen molar-refractivity contribution >= 4 is 27.6 Å². The number of ether oxygens (including phenoxy) is 3. The lowest BCUT2D eigenvalue weighted by Crippen LogP contribution is -2.46. The largest absolute Gasteiger partial charge is 0.497 e. The van der Waals surface area contributed by atoms with Crippen molar-refractivity contribution in [1.82, 2.24) is 4.90 Å². The summed E-state index contributed by atoms with van der Waals surface area (Å²) < 4.78 is 44.0. The maximum absolute atomic E-state index is 13.7. The number of hydrogen-bond acceptors (Lipinski definition) is 7. The van der Waals surface area contributed by atoms with Gasteiger partial charge in [0.2, 0.25) is 5.91 Å². The zero-order valence-corrected chi connectivity index (χ0v) is 20.6. The first kappa shape index (κ1) is 25.4. The fraction of sp³-hybridized carbons (Fsp3) is 0.417. The van der Waals surface area contributed by atoms with Crippen molar-refractivity contribution in [3.8, 4) is 11.5 Å². The fourth-order valence-corrected chi connectivity index (χ4v) is 5.30. The number of rotatable bonds is 8. The Morgan fingerprint density at radius 3 is 2.21 bits per heavy atom. The van der Waals surface area contributed by atoms with Crippen molar-refractivity contribution in [2.45, 2.75) is 24.7 Å². The van der Waals surface area contributed by atoms with Gasteiger partial charge in [0.15, 0.2) is 0 Å². The summed E-state index contributed by atoms with van der Waals surface area (Å²) in [5, 5.41) is 0. The van der Waals surface area contributed by atoms with Gasteiger partial charge in [0.05, 0.1) is 37.8 Å². The Hall–Kier alpha value is -3.27. The Kier molecular flexibility index (Phi) is 8.03. The molecule has 0 bridgehead atoms. The van der Waals surface area contributed by atoms with Gasteiger partial charge in [0.25, 0.3) is 10.0 Å². The zero-order valence-electron chi connectivity index (χ0n) is 19.8. The lowest BCUT2D eigenvalue weighted by Gasteiger charge is -2.33. The predicted octanol–water partition coefficient (Wildman–Crippen LogP) is 2.62. The van der Waals surface area contributed by atoms with Crippen LogP contribution in [0.5, 0.6) is 11.5 Å².